The first-order chi connectivity index (χ1) is 8.80. The summed E-state index contributed by atoms with van der Waals surface area (Å²) in [6, 6.07) is 5.59. The third kappa shape index (κ3) is 4.11. The fourth-order valence-electron chi connectivity index (χ4n) is 1.91. The minimum absolute atomic E-state index is 0.0386. The van der Waals surface area contributed by atoms with Gasteiger partial charge < -0.3 is 20.9 Å². The van der Waals surface area contributed by atoms with Crippen LogP contribution >= 0.6 is 15.9 Å². The Morgan fingerprint density at radius 1 is 1.47 bits per heavy atom. The van der Waals surface area contributed by atoms with Gasteiger partial charge in [-0.1, -0.05) is 11.2 Å². The number of hydrogen-bond donors (Lipinski definition) is 3. The lowest BCUT2D eigenvalue weighted by Gasteiger charge is -2.31. The first-order valence-corrected chi connectivity index (χ1v) is 6.83. The predicted molar refractivity (Wildman–Crippen MR) is 80.8 cm³/mol. The Bertz CT molecular complexity index is 469. The van der Waals surface area contributed by atoms with Gasteiger partial charge in [-0.2, -0.15) is 0 Å². The SMILES string of the molecule is CCN(CC(C)(C)O)c1cccc(Br)c1/C(N)=N/O. The monoisotopic (exact) mass is 329 g/mol. The summed E-state index contributed by atoms with van der Waals surface area (Å²) < 4.78 is 0.745. The van der Waals surface area contributed by atoms with Gasteiger partial charge in [-0.25, -0.2) is 0 Å². The van der Waals surface area contributed by atoms with Gasteiger partial charge in [0.1, 0.15) is 0 Å². The van der Waals surface area contributed by atoms with E-state index in [-0.39, 0.29) is 5.84 Å². The average Bonchev–Trinajstić information content (AvgIpc) is 2.33. The Balaban J connectivity index is 3.28. The largest absolute Gasteiger partial charge is 0.409 e. The number of rotatable bonds is 5. The summed E-state index contributed by atoms with van der Waals surface area (Å²) >= 11 is 3.40. The van der Waals surface area contributed by atoms with Crippen LogP contribution in [0.2, 0.25) is 0 Å². The summed E-state index contributed by atoms with van der Waals surface area (Å²) in [5, 5.41) is 21.9. The number of likely N-dealkylation sites (N-methyl/N-ethyl adjacent to an activating group) is 1. The fourth-order valence-corrected chi connectivity index (χ4v) is 2.47. The van der Waals surface area contributed by atoms with Gasteiger partial charge in [-0.3, -0.25) is 0 Å². The van der Waals surface area contributed by atoms with Crippen molar-refractivity contribution in [3.05, 3.63) is 28.2 Å². The summed E-state index contributed by atoms with van der Waals surface area (Å²) in [6.07, 6.45) is 0. The second kappa shape index (κ2) is 6.25. The second-order valence-electron chi connectivity index (χ2n) is 4.95. The summed E-state index contributed by atoms with van der Waals surface area (Å²) in [4.78, 5) is 1.98. The molecule has 6 heteroatoms. The van der Waals surface area contributed by atoms with Crippen LogP contribution in [-0.4, -0.2) is 34.8 Å². The van der Waals surface area contributed by atoms with Crippen molar-refractivity contribution >= 4 is 27.5 Å². The van der Waals surface area contributed by atoms with Crippen LogP contribution < -0.4 is 10.6 Å². The molecule has 19 heavy (non-hydrogen) atoms. The molecule has 1 aromatic carbocycles. The van der Waals surface area contributed by atoms with Crippen molar-refractivity contribution in [3.8, 4) is 0 Å². The van der Waals surface area contributed by atoms with E-state index in [1.54, 1.807) is 13.8 Å². The minimum Gasteiger partial charge on any atom is -0.409 e. The number of amidine groups is 1. The molecule has 5 nitrogen and oxygen atoms in total. The van der Waals surface area contributed by atoms with Gasteiger partial charge in [0.15, 0.2) is 5.84 Å². The summed E-state index contributed by atoms with van der Waals surface area (Å²) in [7, 11) is 0. The molecule has 1 aromatic rings. The number of aliphatic hydroxyl groups is 1. The number of nitrogens with zero attached hydrogens (tertiary/aromatic N) is 2. The number of anilines is 1. The molecule has 1 rings (SSSR count). The van der Waals surface area contributed by atoms with E-state index >= 15 is 0 Å². The molecular formula is C13H20BrN3O2. The van der Waals surface area contributed by atoms with Crippen molar-refractivity contribution < 1.29 is 10.3 Å². The molecule has 0 aromatic heterocycles. The fraction of sp³-hybridized carbons (Fsp3) is 0.462. The summed E-state index contributed by atoms with van der Waals surface area (Å²) in [5.41, 5.74) is 6.34. The Morgan fingerprint density at radius 2 is 2.11 bits per heavy atom. The molecule has 0 aliphatic rings. The van der Waals surface area contributed by atoms with E-state index < -0.39 is 5.60 Å². The maximum absolute atomic E-state index is 9.97. The van der Waals surface area contributed by atoms with Crippen LogP contribution in [0.3, 0.4) is 0 Å². The molecule has 106 valence electrons. The van der Waals surface area contributed by atoms with Gasteiger partial charge in [0.25, 0.3) is 0 Å². The van der Waals surface area contributed by atoms with E-state index in [1.807, 2.05) is 30.0 Å². The lowest BCUT2D eigenvalue weighted by atomic mass is 10.1. The van der Waals surface area contributed by atoms with Crippen LogP contribution in [0.15, 0.2) is 27.8 Å². The number of benzene rings is 1. The third-order valence-corrected chi connectivity index (χ3v) is 3.32. The zero-order valence-corrected chi connectivity index (χ0v) is 13.0. The molecule has 0 bridgehead atoms. The Morgan fingerprint density at radius 3 is 2.58 bits per heavy atom. The average molecular weight is 330 g/mol. The highest BCUT2D eigenvalue weighted by molar-refractivity contribution is 9.10. The van der Waals surface area contributed by atoms with Crippen molar-refractivity contribution in [2.45, 2.75) is 26.4 Å². The van der Waals surface area contributed by atoms with Gasteiger partial charge >= 0.3 is 0 Å². The molecule has 0 fully saturated rings. The van der Waals surface area contributed by atoms with Crippen LogP contribution in [-0.2, 0) is 0 Å². The van der Waals surface area contributed by atoms with Crippen LogP contribution in [0.25, 0.3) is 0 Å². The van der Waals surface area contributed by atoms with E-state index in [0.29, 0.717) is 18.7 Å². The number of hydrogen-bond acceptors (Lipinski definition) is 4. The van der Waals surface area contributed by atoms with E-state index in [0.717, 1.165) is 10.2 Å². The van der Waals surface area contributed by atoms with E-state index in [4.69, 9.17) is 10.9 Å². The normalized spacial score (nSPS) is 12.6. The maximum atomic E-state index is 9.97. The number of nitrogens with two attached hydrogens (primary N) is 1. The van der Waals surface area contributed by atoms with Gasteiger partial charge in [0, 0.05) is 23.2 Å². The molecule has 0 amide bonds. The number of halogens is 1. The molecule has 0 saturated carbocycles. The Labute approximate surface area is 121 Å². The Kier molecular flexibility index (Phi) is 5.20. The van der Waals surface area contributed by atoms with Crippen molar-refractivity contribution in [1.29, 1.82) is 0 Å². The first kappa shape index (κ1) is 15.8. The minimum atomic E-state index is -0.833. The van der Waals surface area contributed by atoms with Crippen LogP contribution in [0.5, 0.6) is 0 Å². The van der Waals surface area contributed by atoms with Crippen molar-refractivity contribution in [2.75, 3.05) is 18.0 Å². The quantitative estimate of drug-likeness (QED) is 0.334. The molecule has 0 aliphatic carbocycles. The highest BCUT2D eigenvalue weighted by Gasteiger charge is 2.21. The summed E-state index contributed by atoms with van der Waals surface area (Å²) in [6.45, 7) is 6.63. The van der Waals surface area contributed by atoms with Crippen LogP contribution in [0.4, 0.5) is 5.69 Å². The smallest absolute Gasteiger partial charge is 0.173 e. The van der Waals surface area contributed by atoms with Crippen LogP contribution in [0.1, 0.15) is 26.3 Å². The highest BCUT2D eigenvalue weighted by atomic mass is 79.9. The molecular weight excluding hydrogens is 310 g/mol. The zero-order chi connectivity index (χ0) is 14.6. The lowest BCUT2D eigenvalue weighted by Crippen LogP contribution is -2.39. The predicted octanol–water partition coefficient (Wildman–Crippen LogP) is 2.14. The number of oxime groups is 1. The van der Waals surface area contributed by atoms with Crippen molar-refractivity contribution in [2.24, 2.45) is 10.9 Å². The topological polar surface area (TPSA) is 82.1 Å². The maximum Gasteiger partial charge on any atom is 0.173 e. The van der Waals surface area contributed by atoms with Gasteiger partial charge in [-0.15, -0.1) is 0 Å². The molecule has 0 saturated heterocycles. The van der Waals surface area contributed by atoms with E-state index in [9.17, 15) is 5.11 Å². The summed E-state index contributed by atoms with van der Waals surface area (Å²) in [5.74, 6) is 0.0386. The van der Waals surface area contributed by atoms with Crippen molar-refractivity contribution in [3.63, 3.8) is 0 Å². The van der Waals surface area contributed by atoms with Gasteiger partial charge in [0.05, 0.1) is 11.2 Å². The standard InChI is InChI=1S/C13H20BrN3O2/c1-4-17(8-13(2,3)18)10-7-5-6-9(14)11(10)12(15)16-19/h5-7,18-19H,4,8H2,1-3H3,(H2,15,16). The van der Waals surface area contributed by atoms with Crippen LogP contribution in [0, 0.1) is 0 Å². The molecule has 0 atom stereocenters. The molecule has 0 aliphatic heterocycles. The van der Waals surface area contributed by atoms with Gasteiger partial charge in [0.2, 0.25) is 0 Å². The highest BCUT2D eigenvalue weighted by Crippen LogP contribution is 2.28. The zero-order valence-electron chi connectivity index (χ0n) is 11.4. The lowest BCUT2D eigenvalue weighted by molar-refractivity contribution is 0.0876. The molecule has 0 spiro atoms. The molecule has 0 radical (unpaired) electrons. The second-order valence-corrected chi connectivity index (χ2v) is 5.80. The van der Waals surface area contributed by atoms with Gasteiger partial charge in [-0.05, 0) is 48.8 Å². The third-order valence-electron chi connectivity index (χ3n) is 2.66. The Hall–Kier alpha value is -1.27. The van der Waals surface area contributed by atoms with E-state index in [2.05, 4.69) is 21.1 Å². The van der Waals surface area contributed by atoms with Crippen molar-refractivity contribution in [1.82, 2.24) is 0 Å². The molecule has 4 N–H and O–H groups in total. The van der Waals surface area contributed by atoms with E-state index in [1.165, 1.54) is 0 Å². The molecule has 0 heterocycles. The first-order valence-electron chi connectivity index (χ1n) is 6.04. The molecule has 0 unspecified atom stereocenters.